The minimum absolute atomic E-state index is 0.114. The topological polar surface area (TPSA) is 47.6 Å². The lowest BCUT2D eigenvalue weighted by atomic mass is 10.3. The third-order valence-corrected chi connectivity index (χ3v) is 4.04. The molecule has 0 spiro atoms. The fraction of sp³-hybridized carbons (Fsp3) is 0.538. The molecule has 0 saturated heterocycles. The number of hydrogen-bond donors (Lipinski definition) is 1. The lowest BCUT2D eigenvalue weighted by Gasteiger charge is -2.16. The molecule has 1 N–H and O–H groups in total. The van der Waals surface area contributed by atoms with E-state index in [0.717, 1.165) is 17.2 Å². The van der Waals surface area contributed by atoms with Crippen LogP contribution in [0.15, 0.2) is 29.2 Å². The molecule has 2 atom stereocenters. The van der Waals surface area contributed by atoms with E-state index in [1.54, 1.807) is 14.2 Å². The zero-order valence-corrected chi connectivity index (χ0v) is 12.0. The van der Waals surface area contributed by atoms with E-state index in [-0.39, 0.29) is 6.04 Å². The first-order valence-electron chi connectivity index (χ1n) is 5.96. The van der Waals surface area contributed by atoms with E-state index in [9.17, 15) is 4.21 Å². The minimum atomic E-state index is -1.02. The van der Waals surface area contributed by atoms with Gasteiger partial charge in [0.15, 0.2) is 0 Å². The van der Waals surface area contributed by atoms with Crippen LogP contribution in [-0.4, -0.2) is 43.4 Å². The van der Waals surface area contributed by atoms with E-state index < -0.39 is 10.8 Å². The van der Waals surface area contributed by atoms with E-state index in [2.05, 4.69) is 5.32 Å². The predicted molar refractivity (Wildman–Crippen MR) is 73.6 cm³/mol. The Morgan fingerprint density at radius 1 is 1.28 bits per heavy atom. The zero-order chi connectivity index (χ0) is 13.4. The Balaban J connectivity index is 2.61. The molecule has 0 saturated carbocycles. The molecule has 0 heterocycles. The summed E-state index contributed by atoms with van der Waals surface area (Å²) in [6.45, 7) is 3.43. The average molecular weight is 271 g/mol. The molecule has 1 rings (SSSR count). The van der Waals surface area contributed by atoms with E-state index in [0.29, 0.717) is 12.4 Å². The van der Waals surface area contributed by atoms with Crippen molar-refractivity contribution >= 4 is 10.8 Å². The summed E-state index contributed by atoms with van der Waals surface area (Å²) in [4.78, 5) is 0.815. The number of hydrogen-bond acceptors (Lipinski definition) is 4. The second kappa shape index (κ2) is 8.24. The van der Waals surface area contributed by atoms with Crippen LogP contribution >= 0.6 is 0 Å². The number of nitrogens with one attached hydrogen (secondary N) is 1. The van der Waals surface area contributed by atoms with Crippen LogP contribution in [0.25, 0.3) is 0 Å². The van der Waals surface area contributed by atoms with Crippen molar-refractivity contribution in [3.05, 3.63) is 24.3 Å². The molecule has 0 amide bonds. The van der Waals surface area contributed by atoms with Crippen molar-refractivity contribution in [2.75, 3.05) is 33.1 Å². The Labute approximate surface area is 111 Å². The van der Waals surface area contributed by atoms with Crippen LogP contribution in [0.4, 0.5) is 0 Å². The number of ether oxygens (including phenoxy) is 2. The van der Waals surface area contributed by atoms with E-state index in [4.69, 9.17) is 9.47 Å². The van der Waals surface area contributed by atoms with E-state index in [1.807, 2.05) is 31.2 Å². The molecule has 0 aliphatic carbocycles. The molecule has 0 aromatic heterocycles. The first kappa shape index (κ1) is 15.1. The minimum Gasteiger partial charge on any atom is -0.497 e. The van der Waals surface area contributed by atoms with Gasteiger partial charge in [-0.15, -0.1) is 0 Å². The summed E-state index contributed by atoms with van der Waals surface area (Å²) in [5.74, 6) is 1.32. The molecule has 0 aliphatic heterocycles. The monoisotopic (exact) mass is 271 g/mol. The molecule has 1 aromatic rings. The smallest absolute Gasteiger partial charge is 0.118 e. The highest BCUT2D eigenvalue weighted by Gasteiger charge is 2.13. The Morgan fingerprint density at radius 3 is 2.44 bits per heavy atom. The Hall–Kier alpha value is -0.910. The van der Waals surface area contributed by atoms with Crippen molar-refractivity contribution in [3.63, 3.8) is 0 Å². The highest BCUT2D eigenvalue weighted by Crippen LogP contribution is 2.14. The van der Waals surface area contributed by atoms with Gasteiger partial charge in [0.25, 0.3) is 0 Å². The molecule has 5 heteroatoms. The van der Waals surface area contributed by atoms with Gasteiger partial charge in [-0.3, -0.25) is 4.21 Å². The van der Waals surface area contributed by atoms with Crippen molar-refractivity contribution in [2.45, 2.75) is 17.9 Å². The van der Waals surface area contributed by atoms with Crippen LogP contribution in [0.3, 0.4) is 0 Å². The SMILES string of the molecule is CCNC(COC)CS(=O)c1ccc(OC)cc1. The summed E-state index contributed by atoms with van der Waals surface area (Å²) in [6, 6.07) is 7.44. The van der Waals surface area contributed by atoms with Gasteiger partial charge in [0.2, 0.25) is 0 Å². The van der Waals surface area contributed by atoms with Crippen LogP contribution in [0.5, 0.6) is 5.75 Å². The molecular weight excluding hydrogens is 250 g/mol. The van der Waals surface area contributed by atoms with Gasteiger partial charge in [-0.05, 0) is 30.8 Å². The predicted octanol–water partition coefficient (Wildman–Crippen LogP) is 1.43. The molecule has 18 heavy (non-hydrogen) atoms. The van der Waals surface area contributed by atoms with E-state index >= 15 is 0 Å². The maximum atomic E-state index is 12.2. The number of rotatable bonds is 8. The molecule has 0 radical (unpaired) electrons. The van der Waals surface area contributed by atoms with Gasteiger partial charge in [-0.1, -0.05) is 6.92 Å². The largest absolute Gasteiger partial charge is 0.497 e. The first-order valence-corrected chi connectivity index (χ1v) is 7.27. The first-order chi connectivity index (χ1) is 8.71. The van der Waals surface area contributed by atoms with Gasteiger partial charge in [0.1, 0.15) is 5.75 Å². The summed E-state index contributed by atoms with van der Waals surface area (Å²) in [5.41, 5.74) is 0. The van der Waals surface area contributed by atoms with E-state index in [1.165, 1.54) is 0 Å². The molecule has 2 unspecified atom stereocenters. The van der Waals surface area contributed by atoms with Crippen LogP contribution in [0.1, 0.15) is 6.92 Å². The lowest BCUT2D eigenvalue weighted by Crippen LogP contribution is -2.37. The number of methoxy groups -OCH3 is 2. The maximum absolute atomic E-state index is 12.2. The van der Waals surface area contributed by atoms with Gasteiger partial charge in [-0.2, -0.15) is 0 Å². The Kier molecular flexibility index (Phi) is 6.93. The second-order valence-corrected chi connectivity index (χ2v) is 5.39. The van der Waals surface area contributed by atoms with Crippen molar-refractivity contribution in [2.24, 2.45) is 0 Å². The Bertz CT molecular complexity index is 361. The third-order valence-electron chi connectivity index (χ3n) is 2.54. The molecule has 4 nitrogen and oxygen atoms in total. The summed E-state index contributed by atoms with van der Waals surface area (Å²) in [7, 11) is 2.25. The summed E-state index contributed by atoms with van der Waals surface area (Å²) >= 11 is 0. The van der Waals surface area contributed by atoms with Crippen molar-refractivity contribution in [1.82, 2.24) is 5.32 Å². The zero-order valence-electron chi connectivity index (χ0n) is 11.1. The number of benzene rings is 1. The van der Waals surface area contributed by atoms with Crippen molar-refractivity contribution < 1.29 is 13.7 Å². The highest BCUT2D eigenvalue weighted by atomic mass is 32.2. The quantitative estimate of drug-likeness (QED) is 0.777. The van der Waals surface area contributed by atoms with Gasteiger partial charge < -0.3 is 14.8 Å². The lowest BCUT2D eigenvalue weighted by molar-refractivity contribution is 0.174. The molecule has 0 bridgehead atoms. The van der Waals surface area contributed by atoms with Gasteiger partial charge in [-0.25, -0.2) is 0 Å². The molecular formula is C13H21NO3S. The van der Waals surface area contributed by atoms with Crippen LogP contribution in [0, 0.1) is 0 Å². The summed E-state index contributed by atoms with van der Waals surface area (Å²) < 4.78 is 22.4. The average Bonchev–Trinajstić information content (AvgIpc) is 2.39. The van der Waals surface area contributed by atoms with Crippen LogP contribution in [0.2, 0.25) is 0 Å². The second-order valence-electron chi connectivity index (χ2n) is 3.90. The maximum Gasteiger partial charge on any atom is 0.118 e. The van der Waals surface area contributed by atoms with Gasteiger partial charge in [0.05, 0.1) is 24.5 Å². The summed E-state index contributed by atoms with van der Waals surface area (Å²) in [6.07, 6.45) is 0. The van der Waals surface area contributed by atoms with Crippen LogP contribution < -0.4 is 10.1 Å². The van der Waals surface area contributed by atoms with Gasteiger partial charge >= 0.3 is 0 Å². The molecule has 0 aliphatic rings. The number of likely N-dealkylation sites (N-methyl/N-ethyl adjacent to an activating group) is 1. The fourth-order valence-corrected chi connectivity index (χ4v) is 2.87. The van der Waals surface area contributed by atoms with Crippen molar-refractivity contribution in [1.29, 1.82) is 0 Å². The molecule has 102 valence electrons. The third kappa shape index (κ3) is 4.76. The fourth-order valence-electron chi connectivity index (χ4n) is 1.66. The summed E-state index contributed by atoms with van der Waals surface area (Å²) in [5, 5.41) is 3.26. The highest BCUT2D eigenvalue weighted by molar-refractivity contribution is 7.85. The standard InChI is InChI=1S/C13H21NO3S/c1-4-14-11(9-16-2)10-18(15)13-7-5-12(17-3)6-8-13/h5-8,11,14H,4,9-10H2,1-3H3. The Morgan fingerprint density at radius 2 is 1.94 bits per heavy atom. The van der Waals surface area contributed by atoms with Crippen LogP contribution in [-0.2, 0) is 15.5 Å². The van der Waals surface area contributed by atoms with Gasteiger partial charge in [0, 0.05) is 23.8 Å². The molecule has 0 fully saturated rings. The molecule has 1 aromatic carbocycles. The normalized spacial score (nSPS) is 14.2. The van der Waals surface area contributed by atoms with Crippen molar-refractivity contribution in [3.8, 4) is 5.75 Å².